The summed E-state index contributed by atoms with van der Waals surface area (Å²) in [5, 5.41) is 9.56. The van der Waals surface area contributed by atoms with Gasteiger partial charge in [-0.05, 0) is 24.3 Å². The molecule has 1 amide bonds. The summed E-state index contributed by atoms with van der Waals surface area (Å²) in [4.78, 5) is 41.1. The zero-order valence-electron chi connectivity index (χ0n) is 16.4. The van der Waals surface area contributed by atoms with Crippen LogP contribution in [-0.2, 0) is 13.6 Å². The molecule has 2 aromatic carbocycles. The highest BCUT2D eigenvalue weighted by Gasteiger charge is 2.15. The van der Waals surface area contributed by atoms with Crippen LogP contribution in [0.15, 0.2) is 46.5 Å². The number of rotatable bonds is 3. The van der Waals surface area contributed by atoms with Crippen molar-refractivity contribution in [2.24, 2.45) is 0 Å². The Balaban J connectivity index is 0.000000189. The Morgan fingerprint density at radius 3 is 1.88 bits per heavy atom. The summed E-state index contributed by atoms with van der Waals surface area (Å²) in [6.45, 7) is -2.19. The van der Waals surface area contributed by atoms with Crippen molar-refractivity contribution < 1.29 is 27.5 Å². The van der Waals surface area contributed by atoms with Crippen LogP contribution in [-0.4, -0.2) is 30.3 Å². The maximum atomic E-state index is 13.9. The lowest BCUT2D eigenvalue weighted by Crippen LogP contribution is -2.21. The number of fused-ring (bicyclic) bond motifs is 2. The van der Waals surface area contributed by atoms with E-state index in [1.54, 1.807) is 5.32 Å². The zero-order chi connectivity index (χ0) is 24.3. The molecule has 33 heavy (non-hydrogen) atoms. The number of nitrogens with two attached hydrogens (primary N) is 1. The van der Waals surface area contributed by atoms with Gasteiger partial charge < -0.3 is 10.8 Å². The fraction of sp³-hybridized carbons (Fsp3) is 0.105. The van der Waals surface area contributed by atoms with Gasteiger partial charge in [0, 0.05) is 0 Å². The van der Waals surface area contributed by atoms with Gasteiger partial charge in [-0.1, -0.05) is 0 Å². The number of carboxylic acid groups (broad SMARTS) is 1. The van der Waals surface area contributed by atoms with Gasteiger partial charge >= 0.3 is 6.09 Å². The van der Waals surface area contributed by atoms with E-state index in [9.17, 15) is 31.9 Å². The topological polar surface area (TPSA) is 145 Å². The van der Waals surface area contributed by atoms with Crippen molar-refractivity contribution in [3.63, 3.8) is 0 Å². The summed E-state index contributed by atoms with van der Waals surface area (Å²) in [5.74, 6) is -1.93. The van der Waals surface area contributed by atoms with Crippen LogP contribution in [0.2, 0.25) is 0 Å². The first-order valence-electron chi connectivity index (χ1n) is 8.92. The first kappa shape index (κ1) is 23.2. The number of carbonyl (C=O) groups is 1. The Bertz CT molecular complexity index is 1490. The number of hydrogen-bond donors (Lipinski definition) is 3. The Kier molecular flexibility index (Phi) is 6.56. The zero-order valence-corrected chi connectivity index (χ0v) is 16.4. The highest BCUT2D eigenvalue weighted by Crippen LogP contribution is 2.20. The number of amides is 1. The second-order valence-electron chi connectivity index (χ2n) is 6.39. The molecule has 172 valence electrons. The van der Waals surface area contributed by atoms with Gasteiger partial charge in [0.2, 0.25) is 0 Å². The van der Waals surface area contributed by atoms with E-state index in [4.69, 9.17) is 10.8 Å². The molecule has 14 heteroatoms. The van der Waals surface area contributed by atoms with Gasteiger partial charge in [-0.25, -0.2) is 32.3 Å². The molecular formula is C19H14F4N6O4. The summed E-state index contributed by atoms with van der Waals surface area (Å²) < 4.78 is 53.4. The Labute approximate surface area is 180 Å². The molecule has 10 nitrogen and oxygen atoms in total. The highest BCUT2D eigenvalue weighted by molar-refractivity contribution is 5.89. The third-order valence-corrected chi connectivity index (χ3v) is 4.39. The molecule has 0 radical (unpaired) electrons. The van der Waals surface area contributed by atoms with Gasteiger partial charge in [0.15, 0.2) is 25.2 Å². The molecule has 4 rings (SSSR count). The fourth-order valence-electron chi connectivity index (χ4n) is 2.81. The van der Waals surface area contributed by atoms with E-state index in [1.165, 1.54) is 18.2 Å². The van der Waals surface area contributed by atoms with Crippen molar-refractivity contribution >= 4 is 39.3 Å². The molecule has 0 saturated heterocycles. The van der Waals surface area contributed by atoms with Crippen LogP contribution in [0.25, 0.3) is 21.8 Å². The molecule has 0 aliphatic carbocycles. The average Bonchev–Trinajstić information content (AvgIpc) is 2.78. The number of anilines is 2. The molecule has 2 heterocycles. The summed E-state index contributed by atoms with van der Waals surface area (Å²) in [6.07, 6.45) is 0.511. The van der Waals surface area contributed by atoms with Crippen molar-refractivity contribution in [3.05, 3.63) is 69.3 Å². The number of nitrogens with one attached hydrogen (secondary N) is 1. The second kappa shape index (κ2) is 9.33. The molecule has 0 fully saturated rings. The van der Waals surface area contributed by atoms with E-state index >= 15 is 0 Å². The molecule has 0 unspecified atom stereocenters. The lowest BCUT2D eigenvalue weighted by Gasteiger charge is -2.06. The number of nitrogens with zero attached hydrogens (tertiary/aromatic N) is 4. The van der Waals surface area contributed by atoms with Gasteiger partial charge in [0.05, 0.1) is 22.4 Å². The number of alkyl halides is 2. The highest BCUT2D eigenvalue weighted by atomic mass is 19.1. The summed E-state index contributed by atoms with van der Waals surface area (Å²) in [6, 6.07) is 5.13. The molecule has 0 spiro atoms. The normalized spacial score (nSPS) is 10.7. The largest absolute Gasteiger partial charge is 0.465 e. The van der Waals surface area contributed by atoms with Crippen LogP contribution in [0, 0.1) is 11.6 Å². The van der Waals surface area contributed by atoms with E-state index in [1.807, 2.05) is 0 Å². The van der Waals surface area contributed by atoms with Crippen molar-refractivity contribution in [1.82, 2.24) is 19.1 Å². The average molecular weight is 466 g/mol. The van der Waals surface area contributed by atoms with E-state index in [2.05, 4.69) is 9.97 Å². The summed E-state index contributed by atoms with van der Waals surface area (Å²) >= 11 is 0. The van der Waals surface area contributed by atoms with Crippen LogP contribution in [0.1, 0.15) is 0 Å². The molecule has 0 aliphatic rings. The molecule has 0 bridgehead atoms. The lowest BCUT2D eigenvalue weighted by molar-refractivity contribution is 0.209. The fourth-order valence-corrected chi connectivity index (χ4v) is 2.81. The minimum atomic E-state index is -1.47. The predicted molar refractivity (Wildman–Crippen MR) is 110 cm³/mol. The summed E-state index contributed by atoms with van der Waals surface area (Å²) in [5.41, 5.74) is 3.27. The number of nitrogen functional groups attached to an aromatic ring is 1. The van der Waals surface area contributed by atoms with Crippen LogP contribution in [0.5, 0.6) is 0 Å². The van der Waals surface area contributed by atoms with Crippen LogP contribution in [0.4, 0.5) is 33.7 Å². The number of aromatic nitrogens is 4. The molecule has 0 atom stereocenters. The first-order valence-corrected chi connectivity index (χ1v) is 8.92. The maximum Gasteiger partial charge on any atom is 0.409 e. The summed E-state index contributed by atoms with van der Waals surface area (Å²) in [7, 11) is 0. The predicted octanol–water partition coefficient (Wildman–Crippen LogP) is 2.60. The van der Waals surface area contributed by atoms with Crippen molar-refractivity contribution in [3.8, 4) is 0 Å². The Morgan fingerprint density at radius 1 is 0.909 bits per heavy atom. The van der Waals surface area contributed by atoms with Crippen LogP contribution < -0.4 is 22.2 Å². The monoisotopic (exact) mass is 466 g/mol. The van der Waals surface area contributed by atoms with E-state index in [-0.39, 0.29) is 27.8 Å². The third-order valence-electron chi connectivity index (χ3n) is 4.39. The van der Waals surface area contributed by atoms with E-state index in [0.717, 1.165) is 18.7 Å². The molecule has 4 aromatic rings. The first-order chi connectivity index (χ1) is 15.7. The number of hydrogen-bond acceptors (Lipinski definition) is 6. The van der Waals surface area contributed by atoms with Gasteiger partial charge in [-0.3, -0.25) is 24.0 Å². The minimum Gasteiger partial charge on any atom is -0.465 e. The van der Waals surface area contributed by atoms with E-state index in [0.29, 0.717) is 9.13 Å². The van der Waals surface area contributed by atoms with E-state index < -0.39 is 47.8 Å². The van der Waals surface area contributed by atoms with Gasteiger partial charge in [-0.15, -0.1) is 0 Å². The molecular weight excluding hydrogens is 452 g/mol. The molecule has 2 aromatic heterocycles. The quantitative estimate of drug-likeness (QED) is 0.311. The third kappa shape index (κ3) is 4.44. The smallest absolute Gasteiger partial charge is 0.409 e. The standard InChI is InChI=1S/C10H7F2N3O3.C9H7F2N3O/c11-3-15-4-13-5-1-2-6(14-10(17)18)8(12)7(5)9(15)16;10-3-14-4-13-6-2-1-5(12)8(11)7(6)9(14)15/h1-2,4,14H,3H2,(H,17,18);1-2,4H,3,12H2. The van der Waals surface area contributed by atoms with Crippen molar-refractivity contribution in [2.75, 3.05) is 11.1 Å². The van der Waals surface area contributed by atoms with Gasteiger partial charge in [-0.2, -0.15) is 0 Å². The SMILES string of the molecule is Nc1ccc2ncn(CF)c(=O)c2c1F.O=C(O)Nc1ccc2ncn(CF)c(=O)c2c1F. The molecule has 4 N–H and O–H groups in total. The Hall–Kier alpha value is -4.49. The molecule has 0 saturated carbocycles. The van der Waals surface area contributed by atoms with Crippen molar-refractivity contribution in [2.45, 2.75) is 13.6 Å². The molecule has 0 aliphatic heterocycles. The van der Waals surface area contributed by atoms with Gasteiger partial charge in [0.1, 0.15) is 23.4 Å². The van der Waals surface area contributed by atoms with Crippen molar-refractivity contribution in [1.29, 1.82) is 0 Å². The lowest BCUT2D eigenvalue weighted by atomic mass is 10.2. The maximum absolute atomic E-state index is 13.9. The Morgan fingerprint density at radius 2 is 1.39 bits per heavy atom. The number of benzene rings is 2. The minimum absolute atomic E-state index is 0.0261. The van der Waals surface area contributed by atoms with Crippen LogP contribution >= 0.6 is 0 Å². The van der Waals surface area contributed by atoms with Gasteiger partial charge in [0.25, 0.3) is 11.1 Å². The number of halogens is 4. The second-order valence-corrected chi connectivity index (χ2v) is 6.39. The van der Waals surface area contributed by atoms with Crippen LogP contribution in [0.3, 0.4) is 0 Å².